The Morgan fingerprint density at radius 1 is 1.10 bits per heavy atom. The summed E-state index contributed by atoms with van der Waals surface area (Å²) in [5, 5.41) is 11.3. The summed E-state index contributed by atoms with van der Waals surface area (Å²) in [7, 11) is 0. The summed E-state index contributed by atoms with van der Waals surface area (Å²) in [6.07, 6.45) is 3.50. The van der Waals surface area contributed by atoms with E-state index in [-0.39, 0.29) is 5.41 Å². The molecule has 112 valence electrons. The van der Waals surface area contributed by atoms with Gasteiger partial charge in [-0.1, -0.05) is 44.5 Å². The highest BCUT2D eigenvalue weighted by molar-refractivity contribution is 7.99. The van der Waals surface area contributed by atoms with Gasteiger partial charge in [0, 0.05) is 28.6 Å². The predicted molar refractivity (Wildman–Crippen MR) is 89.5 cm³/mol. The minimum Gasteiger partial charge on any atom is -0.384 e. The Bertz CT molecular complexity index is 574. The Kier molecular flexibility index (Phi) is 4.74. The lowest BCUT2D eigenvalue weighted by molar-refractivity contribution is -0.0425. The van der Waals surface area contributed by atoms with Crippen LogP contribution in [0.25, 0.3) is 0 Å². The SMILES string of the molecule is Cc1ccc(SCC(O)(c2cccnc2)C(C)(C)C)cc1. The highest BCUT2D eigenvalue weighted by atomic mass is 32.2. The van der Waals surface area contributed by atoms with E-state index in [1.54, 1.807) is 24.2 Å². The predicted octanol–water partition coefficient (Wildman–Crippen LogP) is 4.42. The van der Waals surface area contributed by atoms with Crippen molar-refractivity contribution in [1.29, 1.82) is 0 Å². The van der Waals surface area contributed by atoms with E-state index in [0.717, 1.165) is 5.56 Å². The van der Waals surface area contributed by atoms with Crippen LogP contribution >= 0.6 is 11.8 Å². The average molecular weight is 301 g/mol. The highest BCUT2D eigenvalue weighted by Crippen LogP contribution is 2.42. The molecular formula is C18H23NOS. The zero-order chi connectivity index (χ0) is 15.5. The topological polar surface area (TPSA) is 33.1 Å². The molecule has 2 aromatic rings. The van der Waals surface area contributed by atoms with Gasteiger partial charge in [0.2, 0.25) is 0 Å². The van der Waals surface area contributed by atoms with Crippen LogP contribution < -0.4 is 0 Å². The molecule has 0 bridgehead atoms. The molecule has 3 heteroatoms. The Morgan fingerprint density at radius 3 is 2.29 bits per heavy atom. The van der Waals surface area contributed by atoms with E-state index >= 15 is 0 Å². The maximum atomic E-state index is 11.3. The van der Waals surface area contributed by atoms with Gasteiger partial charge in [0.25, 0.3) is 0 Å². The van der Waals surface area contributed by atoms with Gasteiger partial charge in [-0.2, -0.15) is 0 Å². The fourth-order valence-electron chi connectivity index (χ4n) is 2.16. The van der Waals surface area contributed by atoms with Crippen molar-refractivity contribution in [3.63, 3.8) is 0 Å². The fraction of sp³-hybridized carbons (Fsp3) is 0.389. The molecule has 0 saturated heterocycles. The first-order chi connectivity index (χ1) is 9.83. The van der Waals surface area contributed by atoms with Crippen LogP contribution in [0.2, 0.25) is 0 Å². The molecule has 1 unspecified atom stereocenters. The van der Waals surface area contributed by atoms with E-state index in [2.05, 4.69) is 56.9 Å². The number of pyridine rings is 1. The van der Waals surface area contributed by atoms with E-state index in [9.17, 15) is 5.11 Å². The van der Waals surface area contributed by atoms with Crippen molar-refractivity contribution in [3.8, 4) is 0 Å². The van der Waals surface area contributed by atoms with Crippen LogP contribution in [-0.4, -0.2) is 15.8 Å². The number of aryl methyl sites for hydroxylation is 1. The molecule has 0 aliphatic carbocycles. The number of aromatic nitrogens is 1. The highest BCUT2D eigenvalue weighted by Gasteiger charge is 2.41. The minimum absolute atomic E-state index is 0.270. The molecule has 0 spiro atoms. The zero-order valence-corrected chi connectivity index (χ0v) is 13.9. The molecule has 0 radical (unpaired) electrons. The van der Waals surface area contributed by atoms with Gasteiger partial charge in [0.05, 0.1) is 0 Å². The van der Waals surface area contributed by atoms with E-state index in [1.165, 1.54) is 10.5 Å². The lowest BCUT2D eigenvalue weighted by Crippen LogP contribution is -2.42. The largest absolute Gasteiger partial charge is 0.384 e. The standard InChI is InChI=1S/C18H23NOS/c1-14-7-9-16(10-8-14)21-13-18(20,17(2,3)4)15-6-5-11-19-12-15/h5-12,20H,13H2,1-4H3. The summed E-state index contributed by atoms with van der Waals surface area (Å²) in [5.41, 5.74) is 0.930. The lowest BCUT2D eigenvalue weighted by Gasteiger charge is -2.40. The van der Waals surface area contributed by atoms with E-state index in [4.69, 9.17) is 0 Å². The molecule has 1 atom stereocenters. The number of rotatable bonds is 4. The van der Waals surface area contributed by atoms with Crippen molar-refractivity contribution in [1.82, 2.24) is 4.98 Å². The van der Waals surface area contributed by atoms with Crippen LogP contribution in [0, 0.1) is 12.3 Å². The van der Waals surface area contributed by atoms with Crippen LogP contribution in [0.15, 0.2) is 53.7 Å². The summed E-state index contributed by atoms with van der Waals surface area (Å²) in [6.45, 7) is 8.27. The van der Waals surface area contributed by atoms with Crippen LogP contribution in [-0.2, 0) is 5.60 Å². The van der Waals surface area contributed by atoms with Crippen LogP contribution in [0.4, 0.5) is 0 Å². The van der Waals surface area contributed by atoms with Crippen molar-refractivity contribution in [2.24, 2.45) is 5.41 Å². The van der Waals surface area contributed by atoms with Crippen molar-refractivity contribution in [2.75, 3.05) is 5.75 Å². The van der Waals surface area contributed by atoms with Crippen molar-refractivity contribution in [2.45, 2.75) is 38.2 Å². The lowest BCUT2D eigenvalue weighted by atomic mass is 9.74. The second kappa shape index (κ2) is 6.20. The summed E-state index contributed by atoms with van der Waals surface area (Å²) >= 11 is 1.68. The van der Waals surface area contributed by atoms with Crippen molar-refractivity contribution < 1.29 is 5.11 Å². The third-order valence-corrected chi connectivity index (χ3v) is 5.02. The average Bonchev–Trinajstić information content (AvgIpc) is 2.46. The molecule has 1 aromatic carbocycles. The molecule has 21 heavy (non-hydrogen) atoms. The normalized spacial score (nSPS) is 14.7. The van der Waals surface area contributed by atoms with Gasteiger partial charge < -0.3 is 5.11 Å². The van der Waals surface area contributed by atoms with Crippen LogP contribution in [0.1, 0.15) is 31.9 Å². The zero-order valence-electron chi connectivity index (χ0n) is 13.1. The fourth-order valence-corrected chi connectivity index (χ4v) is 3.47. The van der Waals surface area contributed by atoms with Gasteiger partial charge in [-0.3, -0.25) is 4.98 Å². The smallest absolute Gasteiger partial charge is 0.105 e. The first-order valence-corrected chi connectivity index (χ1v) is 8.14. The molecule has 0 aliphatic heterocycles. The van der Waals surface area contributed by atoms with Gasteiger partial charge in [0.15, 0.2) is 0 Å². The molecule has 1 heterocycles. The molecular weight excluding hydrogens is 278 g/mol. The van der Waals surface area contributed by atoms with Gasteiger partial charge in [-0.05, 0) is 30.5 Å². The molecule has 0 saturated carbocycles. The second-order valence-electron chi connectivity index (χ2n) is 6.45. The van der Waals surface area contributed by atoms with Crippen LogP contribution in [0.3, 0.4) is 0 Å². The van der Waals surface area contributed by atoms with E-state index in [0.29, 0.717) is 5.75 Å². The van der Waals surface area contributed by atoms with E-state index in [1.807, 2.05) is 12.1 Å². The maximum Gasteiger partial charge on any atom is 0.105 e. The third kappa shape index (κ3) is 3.66. The van der Waals surface area contributed by atoms with Gasteiger partial charge in [-0.15, -0.1) is 11.8 Å². The molecule has 2 rings (SSSR count). The first-order valence-electron chi connectivity index (χ1n) is 7.15. The first kappa shape index (κ1) is 16.1. The Labute approximate surface area is 131 Å². The van der Waals surface area contributed by atoms with Crippen LogP contribution in [0.5, 0.6) is 0 Å². The van der Waals surface area contributed by atoms with Crippen molar-refractivity contribution in [3.05, 3.63) is 59.9 Å². The quantitative estimate of drug-likeness (QED) is 0.849. The summed E-state index contributed by atoms with van der Waals surface area (Å²) in [6, 6.07) is 12.2. The molecule has 0 fully saturated rings. The number of hydrogen-bond acceptors (Lipinski definition) is 3. The summed E-state index contributed by atoms with van der Waals surface area (Å²) in [4.78, 5) is 5.33. The number of nitrogens with zero attached hydrogens (tertiary/aromatic N) is 1. The van der Waals surface area contributed by atoms with Gasteiger partial charge in [-0.25, -0.2) is 0 Å². The molecule has 2 nitrogen and oxygen atoms in total. The van der Waals surface area contributed by atoms with Gasteiger partial charge in [0.1, 0.15) is 5.60 Å². The number of benzene rings is 1. The summed E-state index contributed by atoms with van der Waals surface area (Å²) < 4.78 is 0. The molecule has 0 amide bonds. The number of aliphatic hydroxyl groups is 1. The minimum atomic E-state index is -0.920. The second-order valence-corrected chi connectivity index (χ2v) is 7.50. The van der Waals surface area contributed by atoms with E-state index < -0.39 is 5.60 Å². The Hall–Kier alpha value is -1.32. The van der Waals surface area contributed by atoms with Gasteiger partial charge >= 0.3 is 0 Å². The number of thioether (sulfide) groups is 1. The third-order valence-electron chi connectivity index (χ3n) is 3.85. The Morgan fingerprint density at radius 2 is 1.76 bits per heavy atom. The molecule has 0 aliphatic rings. The monoisotopic (exact) mass is 301 g/mol. The maximum absolute atomic E-state index is 11.3. The van der Waals surface area contributed by atoms with Crippen molar-refractivity contribution >= 4 is 11.8 Å². The Balaban J connectivity index is 2.24. The molecule has 1 aromatic heterocycles. The summed E-state index contributed by atoms with van der Waals surface area (Å²) in [5.74, 6) is 0.602. The molecule has 1 N–H and O–H groups in total. The number of hydrogen-bond donors (Lipinski definition) is 1.